The van der Waals surface area contributed by atoms with Crippen LogP contribution in [-0.2, 0) is 14.8 Å². The van der Waals surface area contributed by atoms with Crippen molar-refractivity contribution in [2.24, 2.45) is 4.40 Å². The molecule has 0 radical (unpaired) electrons. The molecule has 2 rings (SSSR count). The standard InChI is InChI=1S/C10H8N2O5S/c13-10(14)8-5-12-18(15,16)9(8)6-17-7-2-1-3-11-4-7/h1-5H,6H2,(H,13,14). The summed E-state index contributed by atoms with van der Waals surface area (Å²) in [6.45, 7) is -0.393. The third-order valence-corrected chi connectivity index (χ3v) is 3.51. The van der Waals surface area contributed by atoms with E-state index in [0.717, 1.165) is 6.21 Å². The van der Waals surface area contributed by atoms with Crippen LogP contribution in [0.1, 0.15) is 0 Å². The van der Waals surface area contributed by atoms with Gasteiger partial charge >= 0.3 is 5.97 Å². The van der Waals surface area contributed by atoms with E-state index in [1.165, 1.54) is 12.4 Å². The maximum Gasteiger partial charge on any atom is 0.338 e. The highest BCUT2D eigenvalue weighted by molar-refractivity contribution is 7.94. The van der Waals surface area contributed by atoms with E-state index in [9.17, 15) is 13.2 Å². The summed E-state index contributed by atoms with van der Waals surface area (Å²) < 4.78 is 31.3. The summed E-state index contributed by atoms with van der Waals surface area (Å²) in [5.74, 6) is -1.01. The van der Waals surface area contributed by atoms with Crippen LogP contribution in [0.5, 0.6) is 5.75 Å². The van der Waals surface area contributed by atoms with Gasteiger partial charge in [0.2, 0.25) is 0 Å². The van der Waals surface area contributed by atoms with Crippen LogP contribution in [0.25, 0.3) is 0 Å². The minimum Gasteiger partial charge on any atom is -0.486 e. The van der Waals surface area contributed by atoms with E-state index in [1.54, 1.807) is 12.1 Å². The molecule has 0 bridgehead atoms. The van der Waals surface area contributed by atoms with Crippen molar-refractivity contribution in [1.82, 2.24) is 4.98 Å². The van der Waals surface area contributed by atoms with Crippen LogP contribution in [0.15, 0.2) is 39.4 Å². The Balaban J connectivity index is 2.22. The summed E-state index contributed by atoms with van der Waals surface area (Å²) in [7, 11) is -3.93. The minimum atomic E-state index is -3.93. The van der Waals surface area contributed by atoms with Crippen LogP contribution in [0, 0.1) is 0 Å². The van der Waals surface area contributed by atoms with Gasteiger partial charge in [-0.25, -0.2) is 4.79 Å². The molecule has 94 valence electrons. The number of hydrogen-bond donors (Lipinski definition) is 1. The fourth-order valence-electron chi connectivity index (χ4n) is 1.30. The summed E-state index contributed by atoms with van der Waals surface area (Å²) in [6.07, 6.45) is 3.73. The Morgan fingerprint density at radius 1 is 1.44 bits per heavy atom. The van der Waals surface area contributed by atoms with Crippen LogP contribution in [-0.4, -0.2) is 37.3 Å². The van der Waals surface area contributed by atoms with Gasteiger partial charge in [-0.05, 0) is 12.1 Å². The van der Waals surface area contributed by atoms with Gasteiger partial charge < -0.3 is 9.84 Å². The lowest BCUT2D eigenvalue weighted by Gasteiger charge is -2.06. The first-order valence-corrected chi connectivity index (χ1v) is 6.24. The van der Waals surface area contributed by atoms with Crippen LogP contribution in [0.2, 0.25) is 0 Å². The number of hydrogen-bond acceptors (Lipinski definition) is 5. The molecule has 0 spiro atoms. The van der Waals surface area contributed by atoms with E-state index in [-0.39, 0.29) is 10.5 Å². The summed E-state index contributed by atoms with van der Waals surface area (Å²) in [6, 6.07) is 3.19. The number of ether oxygens (including phenoxy) is 1. The molecular weight excluding hydrogens is 260 g/mol. The van der Waals surface area contributed by atoms with Crippen LogP contribution < -0.4 is 4.74 Å². The molecule has 0 amide bonds. The normalized spacial score (nSPS) is 16.9. The summed E-state index contributed by atoms with van der Waals surface area (Å²) in [4.78, 5) is 14.2. The highest BCUT2D eigenvalue weighted by Crippen LogP contribution is 2.21. The lowest BCUT2D eigenvalue weighted by molar-refractivity contribution is -0.132. The maximum atomic E-state index is 11.5. The molecule has 1 N–H and O–H groups in total. The molecule has 18 heavy (non-hydrogen) atoms. The second-order valence-corrected chi connectivity index (χ2v) is 4.98. The predicted octanol–water partition coefficient (Wildman–Crippen LogP) is 0.213. The van der Waals surface area contributed by atoms with E-state index in [2.05, 4.69) is 9.38 Å². The van der Waals surface area contributed by atoms with Gasteiger partial charge in [0.15, 0.2) is 0 Å². The lowest BCUT2D eigenvalue weighted by atomic mass is 10.3. The summed E-state index contributed by atoms with van der Waals surface area (Å²) >= 11 is 0. The molecule has 2 heterocycles. The second kappa shape index (κ2) is 4.57. The number of aromatic nitrogens is 1. The van der Waals surface area contributed by atoms with Crippen molar-refractivity contribution in [2.45, 2.75) is 0 Å². The number of pyridine rings is 1. The van der Waals surface area contributed by atoms with Gasteiger partial charge in [0.25, 0.3) is 10.0 Å². The van der Waals surface area contributed by atoms with Gasteiger partial charge in [0.05, 0.1) is 18.0 Å². The van der Waals surface area contributed by atoms with E-state index < -0.39 is 22.6 Å². The number of sulfonamides is 1. The molecule has 1 aromatic heterocycles. The third-order valence-electron chi connectivity index (χ3n) is 2.17. The van der Waals surface area contributed by atoms with E-state index in [4.69, 9.17) is 9.84 Å². The maximum absolute atomic E-state index is 11.5. The molecular formula is C10H8N2O5S. The monoisotopic (exact) mass is 268 g/mol. The second-order valence-electron chi connectivity index (χ2n) is 3.33. The molecule has 8 heteroatoms. The fraction of sp³-hybridized carbons (Fsp3) is 0.100. The largest absolute Gasteiger partial charge is 0.486 e. The number of carboxylic acids is 1. The van der Waals surface area contributed by atoms with E-state index in [1.807, 2.05) is 0 Å². The molecule has 1 aliphatic heterocycles. The van der Waals surface area contributed by atoms with Crippen molar-refractivity contribution >= 4 is 22.2 Å². The first kappa shape index (κ1) is 12.2. The molecule has 7 nitrogen and oxygen atoms in total. The molecule has 0 atom stereocenters. The van der Waals surface area contributed by atoms with Crippen LogP contribution in [0.4, 0.5) is 0 Å². The van der Waals surface area contributed by atoms with Gasteiger partial charge in [-0.1, -0.05) is 0 Å². The smallest absolute Gasteiger partial charge is 0.338 e. The van der Waals surface area contributed by atoms with Crippen molar-refractivity contribution in [1.29, 1.82) is 0 Å². The number of carboxylic acid groups (broad SMARTS) is 1. The molecule has 0 saturated carbocycles. The third kappa shape index (κ3) is 2.38. The molecule has 0 aliphatic carbocycles. The van der Waals surface area contributed by atoms with Gasteiger partial charge in [-0.3, -0.25) is 4.98 Å². The quantitative estimate of drug-likeness (QED) is 0.836. The highest BCUT2D eigenvalue weighted by Gasteiger charge is 2.30. The average Bonchev–Trinajstić information content (AvgIpc) is 2.63. The fourth-order valence-corrected chi connectivity index (χ4v) is 2.30. The van der Waals surface area contributed by atoms with E-state index >= 15 is 0 Å². The number of nitrogens with zero attached hydrogens (tertiary/aromatic N) is 2. The zero-order chi connectivity index (χ0) is 13.2. The Hall–Kier alpha value is -2.22. The van der Waals surface area contributed by atoms with Crippen molar-refractivity contribution in [3.63, 3.8) is 0 Å². The van der Waals surface area contributed by atoms with Gasteiger partial charge in [0, 0.05) is 6.20 Å². The first-order chi connectivity index (χ1) is 8.50. The zero-order valence-electron chi connectivity index (χ0n) is 8.98. The molecule has 1 aromatic rings. The summed E-state index contributed by atoms with van der Waals surface area (Å²) in [5, 5.41) is 8.83. The first-order valence-electron chi connectivity index (χ1n) is 4.80. The number of aliphatic carboxylic acids is 1. The van der Waals surface area contributed by atoms with Crippen molar-refractivity contribution in [2.75, 3.05) is 6.61 Å². The van der Waals surface area contributed by atoms with Gasteiger partial charge in [0.1, 0.15) is 17.3 Å². The molecule has 0 saturated heterocycles. The Bertz CT molecular complexity index is 633. The highest BCUT2D eigenvalue weighted by atomic mass is 32.2. The number of carbonyl (C=O) groups is 1. The molecule has 0 fully saturated rings. The van der Waals surface area contributed by atoms with Gasteiger partial charge in [-0.2, -0.15) is 12.8 Å². The number of rotatable bonds is 4. The summed E-state index contributed by atoms with van der Waals surface area (Å²) in [5.41, 5.74) is -0.376. The van der Waals surface area contributed by atoms with Crippen molar-refractivity contribution in [3.8, 4) is 5.75 Å². The average molecular weight is 268 g/mol. The van der Waals surface area contributed by atoms with Gasteiger partial charge in [-0.15, -0.1) is 0 Å². The minimum absolute atomic E-state index is 0.344. The Labute approximate surface area is 103 Å². The topological polar surface area (TPSA) is 106 Å². The molecule has 0 aromatic carbocycles. The Kier molecular flexibility index (Phi) is 3.11. The zero-order valence-corrected chi connectivity index (χ0v) is 9.79. The molecule has 1 aliphatic rings. The lowest BCUT2D eigenvalue weighted by Crippen LogP contribution is -2.12. The van der Waals surface area contributed by atoms with Crippen molar-refractivity contribution < 1.29 is 23.1 Å². The van der Waals surface area contributed by atoms with Crippen LogP contribution in [0.3, 0.4) is 0 Å². The Morgan fingerprint density at radius 3 is 2.83 bits per heavy atom. The Morgan fingerprint density at radius 2 is 2.22 bits per heavy atom. The molecule has 0 unspecified atom stereocenters. The SMILES string of the molecule is O=C(O)C1=C(COc2cccnc2)S(=O)(=O)N=C1. The van der Waals surface area contributed by atoms with Crippen LogP contribution >= 0.6 is 0 Å². The van der Waals surface area contributed by atoms with E-state index in [0.29, 0.717) is 5.75 Å². The van der Waals surface area contributed by atoms with Crippen molar-refractivity contribution in [3.05, 3.63) is 35.0 Å². The predicted molar refractivity (Wildman–Crippen MR) is 61.8 cm³/mol.